The summed E-state index contributed by atoms with van der Waals surface area (Å²) in [5, 5.41) is 0. The first-order valence-electron chi connectivity index (χ1n) is 5.92. The molecule has 0 aliphatic carbocycles. The third kappa shape index (κ3) is 2.99. The van der Waals surface area contributed by atoms with Gasteiger partial charge in [0.2, 0.25) is 0 Å². The molecule has 0 amide bonds. The minimum Gasteiger partial charge on any atom is -0.294 e. The van der Waals surface area contributed by atoms with Crippen LogP contribution in [-0.2, 0) is 6.42 Å². The molecule has 18 heavy (non-hydrogen) atoms. The van der Waals surface area contributed by atoms with E-state index in [1.807, 2.05) is 56.3 Å². The molecule has 1 nitrogen and oxygen atoms in total. The van der Waals surface area contributed by atoms with Crippen molar-refractivity contribution in [2.45, 2.75) is 20.3 Å². The van der Waals surface area contributed by atoms with Gasteiger partial charge < -0.3 is 0 Å². The summed E-state index contributed by atoms with van der Waals surface area (Å²) in [5.41, 5.74) is 4.06. The molecule has 0 fully saturated rings. The molecule has 2 aromatic rings. The van der Waals surface area contributed by atoms with Gasteiger partial charge in [0, 0.05) is 15.6 Å². The monoisotopic (exact) mass is 350 g/mol. The first-order valence-corrected chi connectivity index (χ1v) is 6.99. The van der Waals surface area contributed by atoms with Crippen LogP contribution in [0.5, 0.6) is 0 Å². The van der Waals surface area contributed by atoms with Crippen LogP contribution in [0.1, 0.15) is 27.0 Å². The number of hydrogen-bond donors (Lipinski definition) is 0. The lowest BCUT2D eigenvalue weighted by Gasteiger charge is -2.08. The molecule has 0 heterocycles. The number of carbonyl (C=O) groups excluding carboxylic acids is 1. The summed E-state index contributed by atoms with van der Waals surface area (Å²) in [4.78, 5) is 12.3. The first kappa shape index (κ1) is 13.3. The van der Waals surface area contributed by atoms with E-state index in [9.17, 15) is 4.79 Å². The number of ketones is 1. The van der Waals surface area contributed by atoms with Gasteiger partial charge in [-0.25, -0.2) is 0 Å². The predicted molar refractivity (Wildman–Crippen MR) is 83.1 cm³/mol. The van der Waals surface area contributed by atoms with E-state index in [4.69, 9.17) is 0 Å². The summed E-state index contributed by atoms with van der Waals surface area (Å²) in [6, 6.07) is 14.1. The molecule has 2 heteroatoms. The van der Waals surface area contributed by atoms with Crippen LogP contribution < -0.4 is 0 Å². The van der Waals surface area contributed by atoms with E-state index in [0.717, 1.165) is 22.3 Å². The average Bonchev–Trinajstić information content (AvgIpc) is 2.32. The summed E-state index contributed by atoms with van der Waals surface area (Å²) < 4.78 is 1.19. The van der Waals surface area contributed by atoms with Crippen LogP contribution in [0.2, 0.25) is 0 Å². The zero-order valence-electron chi connectivity index (χ0n) is 10.5. The second-order valence-electron chi connectivity index (χ2n) is 4.49. The van der Waals surface area contributed by atoms with Crippen molar-refractivity contribution < 1.29 is 4.79 Å². The number of rotatable bonds is 3. The number of Topliss-reactive ketones (excluding diaryl/α,β-unsaturated/α-hetero) is 1. The maximum Gasteiger partial charge on any atom is 0.167 e. The van der Waals surface area contributed by atoms with Crippen LogP contribution in [0.3, 0.4) is 0 Å². The number of aryl methyl sites for hydroxylation is 2. The zero-order chi connectivity index (χ0) is 13.1. The molecule has 0 saturated carbocycles. The van der Waals surface area contributed by atoms with Crippen LogP contribution >= 0.6 is 22.6 Å². The van der Waals surface area contributed by atoms with Gasteiger partial charge in [-0.2, -0.15) is 0 Å². The van der Waals surface area contributed by atoms with Gasteiger partial charge >= 0.3 is 0 Å². The highest BCUT2D eigenvalue weighted by Crippen LogP contribution is 2.17. The van der Waals surface area contributed by atoms with Crippen molar-refractivity contribution in [2.24, 2.45) is 0 Å². The van der Waals surface area contributed by atoms with E-state index >= 15 is 0 Å². The summed E-state index contributed by atoms with van der Waals surface area (Å²) >= 11 is 2.27. The second kappa shape index (κ2) is 5.65. The molecule has 0 unspecified atom stereocenters. The lowest BCUT2D eigenvalue weighted by Crippen LogP contribution is -2.07. The Morgan fingerprint density at radius 3 is 2.11 bits per heavy atom. The summed E-state index contributed by atoms with van der Waals surface area (Å²) in [7, 11) is 0. The molecule has 0 saturated heterocycles. The molecule has 92 valence electrons. The fourth-order valence-electron chi connectivity index (χ4n) is 2.13. The van der Waals surface area contributed by atoms with Crippen LogP contribution in [0.25, 0.3) is 0 Å². The Bertz CT molecular complexity index is 550. The van der Waals surface area contributed by atoms with Crippen molar-refractivity contribution in [3.05, 3.63) is 68.3 Å². The summed E-state index contributed by atoms with van der Waals surface area (Å²) in [6.07, 6.45) is 0.475. The highest BCUT2D eigenvalue weighted by Gasteiger charge is 2.12. The molecule has 0 N–H and O–H groups in total. The lowest BCUT2D eigenvalue weighted by atomic mass is 9.95. The van der Waals surface area contributed by atoms with Gasteiger partial charge in [0.25, 0.3) is 0 Å². The normalized spacial score (nSPS) is 10.4. The van der Waals surface area contributed by atoms with Crippen LogP contribution in [0.4, 0.5) is 0 Å². The van der Waals surface area contributed by atoms with E-state index in [1.165, 1.54) is 3.57 Å². The minimum absolute atomic E-state index is 0.201. The van der Waals surface area contributed by atoms with E-state index in [0.29, 0.717) is 6.42 Å². The van der Waals surface area contributed by atoms with Crippen molar-refractivity contribution in [1.82, 2.24) is 0 Å². The van der Waals surface area contributed by atoms with Crippen molar-refractivity contribution in [3.63, 3.8) is 0 Å². The predicted octanol–water partition coefficient (Wildman–Crippen LogP) is 4.33. The Morgan fingerprint density at radius 1 is 1.00 bits per heavy atom. The molecule has 0 atom stereocenters. The Hall–Kier alpha value is -1.16. The molecule has 0 aromatic heterocycles. The summed E-state index contributed by atoms with van der Waals surface area (Å²) in [6.45, 7) is 3.99. The van der Waals surface area contributed by atoms with Gasteiger partial charge in [-0.3, -0.25) is 4.79 Å². The largest absolute Gasteiger partial charge is 0.294 e. The van der Waals surface area contributed by atoms with E-state index < -0.39 is 0 Å². The Labute approximate surface area is 121 Å². The van der Waals surface area contributed by atoms with Crippen molar-refractivity contribution >= 4 is 28.4 Å². The maximum absolute atomic E-state index is 12.3. The first-order chi connectivity index (χ1) is 8.58. The number of hydrogen-bond acceptors (Lipinski definition) is 1. The van der Waals surface area contributed by atoms with Gasteiger partial charge in [0.1, 0.15) is 0 Å². The van der Waals surface area contributed by atoms with Crippen molar-refractivity contribution in [3.8, 4) is 0 Å². The van der Waals surface area contributed by atoms with Gasteiger partial charge in [-0.1, -0.05) is 30.3 Å². The van der Waals surface area contributed by atoms with E-state index in [2.05, 4.69) is 22.6 Å². The minimum atomic E-state index is 0.201. The Balaban J connectivity index is 2.25. The zero-order valence-corrected chi connectivity index (χ0v) is 12.7. The van der Waals surface area contributed by atoms with E-state index in [-0.39, 0.29) is 5.78 Å². The second-order valence-corrected chi connectivity index (χ2v) is 5.74. The third-order valence-electron chi connectivity index (χ3n) is 3.04. The molecule has 0 bridgehead atoms. The Morgan fingerprint density at radius 2 is 1.56 bits per heavy atom. The SMILES string of the molecule is Cc1cccc(C)c1C(=O)Cc1ccc(I)cc1. The molecule has 0 spiro atoms. The van der Waals surface area contributed by atoms with Gasteiger partial charge in [0.15, 0.2) is 5.78 Å². The van der Waals surface area contributed by atoms with Crippen molar-refractivity contribution in [1.29, 1.82) is 0 Å². The molecule has 0 radical (unpaired) electrons. The van der Waals surface area contributed by atoms with Crippen LogP contribution in [0, 0.1) is 17.4 Å². The fraction of sp³-hybridized carbons (Fsp3) is 0.188. The fourth-order valence-corrected chi connectivity index (χ4v) is 2.49. The topological polar surface area (TPSA) is 17.1 Å². The van der Waals surface area contributed by atoms with Gasteiger partial charge in [0.05, 0.1) is 0 Å². The third-order valence-corrected chi connectivity index (χ3v) is 3.76. The highest BCUT2D eigenvalue weighted by atomic mass is 127. The molecule has 2 rings (SSSR count). The Kier molecular flexibility index (Phi) is 4.17. The number of benzene rings is 2. The highest BCUT2D eigenvalue weighted by molar-refractivity contribution is 14.1. The molecule has 2 aromatic carbocycles. The smallest absolute Gasteiger partial charge is 0.167 e. The van der Waals surface area contributed by atoms with Gasteiger partial charge in [-0.15, -0.1) is 0 Å². The number of halogens is 1. The van der Waals surface area contributed by atoms with Gasteiger partial charge in [-0.05, 0) is 65.3 Å². The van der Waals surface area contributed by atoms with Crippen LogP contribution in [0.15, 0.2) is 42.5 Å². The quantitative estimate of drug-likeness (QED) is 0.595. The maximum atomic E-state index is 12.3. The molecular formula is C16H15IO. The van der Waals surface area contributed by atoms with Crippen molar-refractivity contribution in [2.75, 3.05) is 0 Å². The van der Waals surface area contributed by atoms with Crippen LogP contribution in [-0.4, -0.2) is 5.78 Å². The molecule has 0 aliphatic heterocycles. The summed E-state index contributed by atoms with van der Waals surface area (Å²) in [5.74, 6) is 0.201. The standard InChI is InChI=1S/C16H15IO/c1-11-4-3-5-12(2)16(11)15(18)10-13-6-8-14(17)9-7-13/h3-9H,10H2,1-2H3. The average molecular weight is 350 g/mol. The number of carbonyl (C=O) groups is 1. The van der Waals surface area contributed by atoms with E-state index in [1.54, 1.807) is 0 Å². The molecular weight excluding hydrogens is 335 g/mol. The lowest BCUT2D eigenvalue weighted by molar-refractivity contribution is 0.0992. The molecule has 0 aliphatic rings.